The van der Waals surface area contributed by atoms with Gasteiger partial charge in [0.15, 0.2) is 0 Å². The summed E-state index contributed by atoms with van der Waals surface area (Å²) in [4.78, 5) is 14.5. The van der Waals surface area contributed by atoms with Crippen molar-refractivity contribution in [3.8, 4) is 0 Å². The summed E-state index contributed by atoms with van der Waals surface area (Å²) in [5.41, 5.74) is 8.20. The zero-order valence-corrected chi connectivity index (χ0v) is 11.3. The lowest BCUT2D eigenvalue weighted by Gasteiger charge is -2.23. The van der Waals surface area contributed by atoms with Gasteiger partial charge in [-0.3, -0.25) is 4.79 Å². The Labute approximate surface area is 109 Å². The number of carbonyl (C=O) groups is 1. The molecule has 0 atom stereocenters. The van der Waals surface area contributed by atoms with Crippen LogP contribution in [0.4, 0.5) is 5.69 Å². The van der Waals surface area contributed by atoms with Gasteiger partial charge in [-0.2, -0.15) is 0 Å². The third-order valence-electron chi connectivity index (χ3n) is 3.45. The largest absolute Gasteiger partial charge is 0.399 e. The molecule has 0 bridgehead atoms. The van der Waals surface area contributed by atoms with E-state index in [1.54, 1.807) is 6.07 Å². The minimum absolute atomic E-state index is 0.133. The average molecular weight is 246 g/mol. The minimum atomic E-state index is 0.133. The van der Waals surface area contributed by atoms with E-state index in [9.17, 15) is 4.79 Å². The van der Waals surface area contributed by atoms with E-state index in [-0.39, 0.29) is 5.91 Å². The maximum absolute atomic E-state index is 12.5. The molecule has 1 aliphatic rings. The highest BCUT2D eigenvalue weighted by Gasteiger charge is 2.27. The summed E-state index contributed by atoms with van der Waals surface area (Å²) in [6.07, 6.45) is 3.53. The number of aryl methyl sites for hydroxylation is 1. The second kappa shape index (κ2) is 5.42. The topological polar surface area (TPSA) is 46.3 Å². The van der Waals surface area contributed by atoms with Gasteiger partial charge in [-0.25, -0.2) is 0 Å². The fraction of sp³-hybridized carbons (Fsp3) is 0.533. The fourth-order valence-electron chi connectivity index (χ4n) is 2.20. The van der Waals surface area contributed by atoms with Crippen LogP contribution in [0.1, 0.15) is 42.1 Å². The summed E-state index contributed by atoms with van der Waals surface area (Å²) in [5.74, 6) is 0.857. The molecule has 2 rings (SSSR count). The van der Waals surface area contributed by atoms with Gasteiger partial charge in [0.2, 0.25) is 0 Å². The molecule has 3 nitrogen and oxygen atoms in total. The number of nitrogens with zero attached hydrogens (tertiary/aromatic N) is 1. The number of benzene rings is 1. The minimum Gasteiger partial charge on any atom is -0.399 e. The van der Waals surface area contributed by atoms with Gasteiger partial charge in [-0.05, 0) is 49.8 Å². The Balaban J connectivity index is 2.17. The number of amides is 1. The van der Waals surface area contributed by atoms with Gasteiger partial charge in [0.25, 0.3) is 5.91 Å². The predicted octanol–water partition coefficient (Wildman–Crippen LogP) is 2.84. The molecule has 1 fully saturated rings. The Bertz CT molecular complexity index is 438. The van der Waals surface area contributed by atoms with E-state index >= 15 is 0 Å². The first-order chi connectivity index (χ1) is 8.61. The maximum atomic E-state index is 12.5. The van der Waals surface area contributed by atoms with Crippen molar-refractivity contribution in [2.24, 2.45) is 5.92 Å². The number of hydrogen-bond donors (Lipinski definition) is 1. The highest BCUT2D eigenvalue weighted by atomic mass is 16.2. The summed E-state index contributed by atoms with van der Waals surface area (Å²) in [6, 6.07) is 5.56. The Morgan fingerprint density at radius 2 is 2.17 bits per heavy atom. The zero-order valence-electron chi connectivity index (χ0n) is 11.3. The van der Waals surface area contributed by atoms with Crippen molar-refractivity contribution in [3.63, 3.8) is 0 Å². The van der Waals surface area contributed by atoms with Crippen LogP contribution in [0.25, 0.3) is 0 Å². The van der Waals surface area contributed by atoms with Crippen molar-refractivity contribution < 1.29 is 4.79 Å². The molecule has 0 spiro atoms. The van der Waals surface area contributed by atoms with Gasteiger partial charge >= 0.3 is 0 Å². The van der Waals surface area contributed by atoms with Crippen LogP contribution in [0.2, 0.25) is 0 Å². The third-order valence-corrected chi connectivity index (χ3v) is 3.45. The normalized spacial score (nSPS) is 14.6. The summed E-state index contributed by atoms with van der Waals surface area (Å²) in [5, 5.41) is 0. The number of hydrogen-bond acceptors (Lipinski definition) is 2. The third kappa shape index (κ3) is 3.03. The second-order valence-electron chi connectivity index (χ2n) is 5.27. The van der Waals surface area contributed by atoms with Crippen LogP contribution in [0.3, 0.4) is 0 Å². The first kappa shape index (κ1) is 12.9. The van der Waals surface area contributed by atoms with Crippen molar-refractivity contribution in [1.82, 2.24) is 4.90 Å². The molecule has 0 radical (unpaired) electrons. The molecule has 1 aromatic rings. The van der Waals surface area contributed by atoms with Crippen LogP contribution in [0.5, 0.6) is 0 Å². The zero-order chi connectivity index (χ0) is 13.1. The van der Waals surface area contributed by atoms with Crippen LogP contribution >= 0.6 is 0 Å². The lowest BCUT2D eigenvalue weighted by molar-refractivity contribution is 0.0747. The van der Waals surface area contributed by atoms with Gasteiger partial charge in [0.05, 0.1) is 0 Å². The van der Waals surface area contributed by atoms with Gasteiger partial charge in [-0.15, -0.1) is 0 Å². The first-order valence-electron chi connectivity index (χ1n) is 6.77. The van der Waals surface area contributed by atoms with E-state index in [1.165, 1.54) is 12.8 Å². The molecule has 0 heterocycles. The van der Waals surface area contributed by atoms with Gasteiger partial charge in [0.1, 0.15) is 0 Å². The first-order valence-corrected chi connectivity index (χ1v) is 6.77. The van der Waals surface area contributed by atoms with Crippen LogP contribution < -0.4 is 5.73 Å². The lowest BCUT2D eigenvalue weighted by Crippen LogP contribution is -2.34. The van der Waals surface area contributed by atoms with E-state index in [4.69, 9.17) is 5.73 Å². The summed E-state index contributed by atoms with van der Waals surface area (Å²) >= 11 is 0. The Morgan fingerprint density at radius 1 is 1.44 bits per heavy atom. The highest BCUT2D eigenvalue weighted by Crippen LogP contribution is 2.30. The van der Waals surface area contributed by atoms with Crippen molar-refractivity contribution in [1.29, 1.82) is 0 Å². The SMILES string of the molecule is CCCN(CC1CC1)C(=O)c1cc(N)ccc1C. The molecule has 3 heteroatoms. The molecule has 0 aliphatic heterocycles. The van der Waals surface area contributed by atoms with Crippen LogP contribution in [-0.4, -0.2) is 23.9 Å². The van der Waals surface area contributed by atoms with E-state index in [1.807, 2.05) is 24.0 Å². The molecule has 1 aliphatic carbocycles. The Hall–Kier alpha value is -1.51. The van der Waals surface area contributed by atoms with E-state index in [2.05, 4.69) is 6.92 Å². The number of carbonyl (C=O) groups excluding carboxylic acids is 1. The molecule has 0 saturated heterocycles. The molecule has 98 valence electrons. The summed E-state index contributed by atoms with van der Waals surface area (Å²) < 4.78 is 0. The number of nitrogens with two attached hydrogens (primary N) is 1. The van der Waals surface area contributed by atoms with Gasteiger partial charge < -0.3 is 10.6 Å². The molecule has 1 saturated carbocycles. The van der Waals surface area contributed by atoms with Crippen LogP contribution in [-0.2, 0) is 0 Å². The number of nitrogen functional groups attached to an aromatic ring is 1. The molecule has 0 unspecified atom stereocenters. The van der Waals surface area contributed by atoms with Gasteiger partial charge in [0, 0.05) is 24.3 Å². The number of anilines is 1. The molecular formula is C15H22N2O. The molecular weight excluding hydrogens is 224 g/mol. The smallest absolute Gasteiger partial charge is 0.254 e. The Morgan fingerprint density at radius 3 is 2.78 bits per heavy atom. The van der Waals surface area contributed by atoms with E-state index in [0.29, 0.717) is 5.69 Å². The van der Waals surface area contributed by atoms with Gasteiger partial charge in [-0.1, -0.05) is 13.0 Å². The Kier molecular flexibility index (Phi) is 3.90. The standard InChI is InChI=1S/C15H22N2O/c1-3-8-17(10-12-5-6-12)15(18)14-9-13(16)7-4-11(14)2/h4,7,9,12H,3,5-6,8,10,16H2,1-2H3. The van der Waals surface area contributed by atoms with Crippen LogP contribution in [0, 0.1) is 12.8 Å². The summed E-state index contributed by atoms with van der Waals surface area (Å²) in [7, 11) is 0. The predicted molar refractivity (Wildman–Crippen MR) is 74.5 cm³/mol. The van der Waals surface area contributed by atoms with Crippen molar-refractivity contribution in [2.75, 3.05) is 18.8 Å². The van der Waals surface area contributed by atoms with Crippen molar-refractivity contribution >= 4 is 11.6 Å². The highest BCUT2D eigenvalue weighted by molar-refractivity contribution is 5.96. The molecule has 2 N–H and O–H groups in total. The quantitative estimate of drug-likeness (QED) is 0.812. The maximum Gasteiger partial charge on any atom is 0.254 e. The van der Waals surface area contributed by atoms with Crippen LogP contribution in [0.15, 0.2) is 18.2 Å². The molecule has 1 amide bonds. The number of rotatable bonds is 5. The van der Waals surface area contributed by atoms with E-state index < -0.39 is 0 Å². The van der Waals surface area contributed by atoms with Crippen molar-refractivity contribution in [2.45, 2.75) is 33.1 Å². The lowest BCUT2D eigenvalue weighted by atomic mass is 10.1. The van der Waals surface area contributed by atoms with Crippen molar-refractivity contribution in [3.05, 3.63) is 29.3 Å². The average Bonchev–Trinajstić information content (AvgIpc) is 3.15. The molecule has 0 aromatic heterocycles. The summed E-state index contributed by atoms with van der Waals surface area (Å²) in [6.45, 7) is 5.82. The second-order valence-corrected chi connectivity index (χ2v) is 5.27. The monoisotopic (exact) mass is 246 g/mol. The van der Waals surface area contributed by atoms with E-state index in [0.717, 1.165) is 36.6 Å². The molecule has 18 heavy (non-hydrogen) atoms. The fourth-order valence-corrected chi connectivity index (χ4v) is 2.20. The molecule has 1 aromatic carbocycles.